The number of aliphatic imine (C=N–C) groups is 1. The summed E-state index contributed by atoms with van der Waals surface area (Å²) in [7, 11) is 29.1. The third-order valence-electron chi connectivity index (χ3n) is 10.9. The van der Waals surface area contributed by atoms with Gasteiger partial charge in [0, 0.05) is 61.1 Å². The number of benzene rings is 4. The monoisotopic (exact) mass is 775 g/mol. The van der Waals surface area contributed by atoms with Crippen molar-refractivity contribution in [1.82, 2.24) is 0 Å². The maximum atomic E-state index is 13.9. The zero-order chi connectivity index (χ0) is 41.4. The van der Waals surface area contributed by atoms with Crippen LogP contribution >= 0.6 is 0 Å². The number of carbonyl (C=O) groups is 2. The van der Waals surface area contributed by atoms with Gasteiger partial charge in [-0.3, -0.25) is 29.6 Å². The number of nitrogens with zero attached hydrogens (tertiary/aromatic N) is 4. The van der Waals surface area contributed by atoms with E-state index in [-0.39, 0.29) is 69.3 Å². The molecule has 59 heavy (non-hydrogen) atoms. The van der Waals surface area contributed by atoms with Crippen LogP contribution in [0.25, 0.3) is 0 Å². The maximum absolute atomic E-state index is 13.9. The minimum atomic E-state index is -2.27. The molecule has 282 valence electrons. The van der Waals surface area contributed by atoms with E-state index in [0.717, 1.165) is 34.6 Å². The van der Waals surface area contributed by atoms with E-state index in [1.165, 1.54) is 44.6 Å². The van der Waals surface area contributed by atoms with Crippen LogP contribution in [-0.4, -0.2) is 87.2 Å². The first-order valence-corrected chi connectivity index (χ1v) is 18.5. The summed E-state index contributed by atoms with van der Waals surface area (Å²) in [4.78, 5) is 47.5. The van der Waals surface area contributed by atoms with E-state index in [1.54, 1.807) is 22.1 Å². The third kappa shape index (κ3) is 6.39. The van der Waals surface area contributed by atoms with Gasteiger partial charge in [0.25, 0.3) is 17.5 Å². The van der Waals surface area contributed by atoms with Gasteiger partial charge in [0.2, 0.25) is 0 Å². The molecule has 0 spiro atoms. The summed E-state index contributed by atoms with van der Waals surface area (Å²) in [6.45, 7) is 0.415. The number of para-hydroxylation sites is 1. The molecule has 0 saturated carbocycles. The van der Waals surface area contributed by atoms with Crippen molar-refractivity contribution in [2.24, 2.45) is 4.99 Å². The summed E-state index contributed by atoms with van der Waals surface area (Å²) in [5.74, 6) is -0.294. The number of amides is 2. The van der Waals surface area contributed by atoms with Gasteiger partial charge >= 0.3 is 0 Å². The summed E-state index contributed by atoms with van der Waals surface area (Å²) in [5, 5.41) is 11.0. The van der Waals surface area contributed by atoms with E-state index >= 15 is 0 Å². The third-order valence-corrected chi connectivity index (χ3v) is 10.9. The smallest absolute Gasteiger partial charge is 0.270 e. The number of anilines is 3. The van der Waals surface area contributed by atoms with E-state index in [2.05, 4.69) is 22.4 Å². The van der Waals surface area contributed by atoms with Crippen molar-refractivity contribution < 1.29 is 33.5 Å². The predicted octanol–water partition coefficient (Wildman–Crippen LogP) is 4.55. The lowest BCUT2D eigenvalue weighted by Crippen LogP contribution is -2.39. The molecular formula is C42H29B4N5O8. The van der Waals surface area contributed by atoms with Crippen molar-refractivity contribution in [1.29, 1.82) is 0 Å². The van der Waals surface area contributed by atoms with Crippen LogP contribution in [-0.2, 0) is 23.6 Å². The Morgan fingerprint density at radius 2 is 1.47 bits per heavy atom. The van der Waals surface area contributed by atoms with Crippen LogP contribution in [0.2, 0.25) is 0 Å². The van der Waals surface area contributed by atoms with Crippen molar-refractivity contribution in [3.63, 3.8) is 0 Å². The predicted molar refractivity (Wildman–Crippen MR) is 223 cm³/mol. The molecule has 4 heterocycles. The van der Waals surface area contributed by atoms with Gasteiger partial charge in [-0.15, -0.1) is 0 Å². The second-order valence-corrected chi connectivity index (χ2v) is 14.6. The van der Waals surface area contributed by atoms with Gasteiger partial charge in [-0.1, -0.05) is 36.4 Å². The van der Waals surface area contributed by atoms with Crippen LogP contribution in [0.15, 0.2) is 83.9 Å². The van der Waals surface area contributed by atoms with Crippen molar-refractivity contribution in [3.8, 4) is 23.0 Å². The lowest BCUT2D eigenvalue weighted by atomic mass is 9.57. The summed E-state index contributed by atoms with van der Waals surface area (Å²) in [5.41, 5.74) is 4.06. The Hall–Kier alpha value is -6.81. The Bertz CT molecular complexity index is 2640. The molecule has 0 fully saturated rings. The zero-order valence-corrected chi connectivity index (χ0v) is 31.7. The van der Waals surface area contributed by atoms with Gasteiger partial charge < -0.3 is 29.2 Å². The Morgan fingerprint density at radius 1 is 0.814 bits per heavy atom. The van der Waals surface area contributed by atoms with Crippen LogP contribution in [0.4, 0.5) is 28.4 Å². The number of rotatable bonds is 9. The van der Waals surface area contributed by atoms with Crippen LogP contribution in [0.5, 0.6) is 23.0 Å². The van der Waals surface area contributed by atoms with Gasteiger partial charge in [0.15, 0.2) is 23.0 Å². The SMILES string of the molecule is [B]C([B])(Oc1cc2c(cc1OC)C(=O)N1c3ccccc3C[C@H]1C=N2)c1cc([N+](=O)[O-])cc(C([B])([B])Oc2cc3c(cc2OC)C(=O)N2c4ccc#cc4C[C@H]2CN3)c1. The molecule has 8 radical (unpaired) electrons. The van der Waals surface area contributed by atoms with Gasteiger partial charge in [-0.25, -0.2) is 0 Å². The Labute approximate surface area is 344 Å². The number of hydrogen-bond donors (Lipinski definition) is 1. The molecule has 5 aromatic rings. The fourth-order valence-electron chi connectivity index (χ4n) is 8.04. The molecule has 0 aromatic heterocycles. The van der Waals surface area contributed by atoms with Gasteiger partial charge in [0.05, 0.1) is 70.2 Å². The standard InChI is InChI=1S/C42H29B4N5O8/c1-56-35-16-29-31(47-20-27-11-22-7-3-5-9-33(22)49(27)39(29)52)18-37(35)58-41(43,44)24-13-25(15-26(14-24)51(54)55)42(45,46)59-38-19-32-30(17-36(38)57-2)40(53)50-28(21-48-32)12-23-8-4-6-10-34(23)50/h3,5-7,9-10,13-20,27-28,48H,11-12,21H2,1-2H3/t27-,28-/m0/s1. The Kier molecular flexibility index (Phi) is 8.92. The molecule has 4 aliphatic heterocycles. The van der Waals surface area contributed by atoms with Crippen molar-refractivity contribution in [2.75, 3.05) is 35.9 Å². The number of nitro groups is 1. The van der Waals surface area contributed by atoms with Crippen LogP contribution in [0, 0.1) is 22.2 Å². The molecule has 1 N–H and O–H groups in total. The molecule has 4 aliphatic rings. The van der Waals surface area contributed by atoms with Gasteiger partial charge in [-0.05, 0) is 47.0 Å². The number of nitro benzene ring substituents is 1. The average molecular weight is 775 g/mol. The normalized spacial score (nSPS) is 17.5. The molecule has 0 aliphatic carbocycles. The second kappa shape index (κ2) is 13.9. The number of ether oxygens (including phenoxy) is 4. The molecular weight excluding hydrogens is 746 g/mol. The summed E-state index contributed by atoms with van der Waals surface area (Å²) < 4.78 is 23.5. The highest BCUT2D eigenvalue weighted by Gasteiger charge is 2.40. The molecule has 17 heteroatoms. The van der Waals surface area contributed by atoms with E-state index in [4.69, 9.17) is 50.3 Å². The molecule has 0 bridgehead atoms. The van der Waals surface area contributed by atoms with Gasteiger partial charge in [-0.2, -0.15) is 0 Å². The van der Waals surface area contributed by atoms with E-state index < -0.39 is 21.4 Å². The topological polar surface area (TPSA) is 145 Å². The molecule has 2 amide bonds. The number of non-ortho nitro benzene ring substituents is 1. The first-order valence-electron chi connectivity index (χ1n) is 18.5. The number of hydrogen-bond acceptors (Lipinski definition) is 10. The summed E-state index contributed by atoms with van der Waals surface area (Å²) in [6.07, 6.45) is 2.89. The number of nitrogens with one attached hydrogen (secondary N) is 1. The number of methoxy groups -OCH3 is 2. The number of carbonyl (C=O) groups excluding carboxylic acids is 2. The molecule has 5 aromatic carbocycles. The molecule has 2 atom stereocenters. The minimum absolute atomic E-state index is 0.00286. The second-order valence-electron chi connectivity index (χ2n) is 14.6. The van der Waals surface area contributed by atoms with E-state index in [9.17, 15) is 19.7 Å². The highest BCUT2D eigenvalue weighted by atomic mass is 16.6. The van der Waals surface area contributed by atoms with Crippen LogP contribution in [0.1, 0.15) is 43.0 Å². The summed E-state index contributed by atoms with van der Waals surface area (Å²) >= 11 is 0. The molecule has 0 unspecified atom stereocenters. The fraction of sp³-hybridized carbons (Fsp3) is 0.214. The fourth-order valence-corrected chi connectivity index (χ4v) is 8.04. The maximum Gasteiger partial charge on any atom is 0.270 e. The van der Waals surface area contributed by atoms with Crippen molar-refractivity contribution in [2.45, 2.75) is 35.7 Å². The lowest BCUT2D eigenvalue weighted by Gasteiger charge is -2.33. The largest absolute Gasteiger partial charge is 0.499 e. The minimum Gasteiger partial charge on any atom is -0.499 e. The van der Waals surface area contributed by atoms with E-state index in [1.807, 2.05) is 30.3 Å². The average Bonchev–Trinajstić information content (AvgIpc) is 3.71. The quantitative estimate of drug-likeness (QED) is 0.130. The van der Waals surface area contributed by atoms with Crippen LogP contribution in [0.3, 0.4) is 0 Å². The highest BCUT2D eigenvalue weighted by molar-refractivity contribution is 6.40. The van der Waals surface area contributed by atoms with Gasteiger partial charge in [0.1, 0.15) is 31.4 Å². The highest BCUT2D eigenvalue weighted by Crippen LogP contribution is 2.44. The van der Waals surface area contributed by atoms with Crippen molar-refractivity contribution in [3.05, 3.63) is 134 Å². The zero-order valence-electron chi connectivity index (χ0n) is 31.7. The molecule has 13 nitrogen and oxygen atoms in total. The number of fused-ring (bicyclic) bond motifs is 8. The molecule has 9 rings (SSSR count). The Morgan fingerprint density at radius 3 is 2.17 bits per heavy atom. The van der Waals surface area contributed by atoms with E-state index in [0.29, 0.717) is 30.6 Å². The molecule has 0 saturated heterocycles. The summed E-state index contributed by atoms with van der Waals surface area (Å²) in [6, 6.07) is 26.3. The van der Waals surface area contributed by atoms with Crippen LogP contribution < -0.4 is 34.1 Å². The lowest BCUT2D eigenvalue weighted by molar-refractivity contribution is -0.385. The van der Waals surface area contributed by atoms with Crippen molar-refractivity contribution >= 4 is 77.9 Å². The Balaban J connectivity index is 1.02. The first kappa shape index (κ1) is 37.7. The first-order chi connectivity index (χ1) is 28.3.